The van der Waals surface area contributed by atoms with E-state index in [4.69, 9.17) is 0 Å². The van der Waals surface area contributed by atoms with Crippen molar-refractivity contribution in [3.8, 4) is 0 Å². The van der Waals surface area contributed by atoms with Crippen LogP contribution in [0.3, 0.4) is 0 Å². The topological polar surface area (TPSA) is 25.2 Å². The second-order valence-corrected chi connectivity index (χ2v) is 2.51. The van der Waals surface area contributed by atoms with E-state index in [1.165, 1.54) is 0 Å². The SMILES string of the molecule is C=C(/C=C\C=NC)c1ccccn1. The number of aliphatic imine (C=N–C) groups is 1. The molecule has 0 unspecified atom stereocenters. The van der Waals surface area contributed by atoms with Crippen molar-refractivity contribution in [2.24, 2.45) is 4.99 Å². The summed E-state index contributed by atoms with van der Waals surface area (Å²) >= 11 is 0. The first-order valence-electron chi connectivity index (χ1n) is 4.03. The quantitative estimate of drug-likeness (QED) is 0.507. The largest absolute Gasteiger partial charge is 0.297 e. The second kappa shape index (κ2) is 5.04. The smallest absolute Gasteiger partial charge is 0.0695 e. The predicted octanol–water partition coefficient (Wildman–Crippen LogP) is 2.35. The molecule has 0 bridgehead atoms. The maximum Gasteiger partial charge on any atom is 0.0695 e. The Kier molecular flexibility index (Phi) is 3.64. The summed E-state index contributed by atoms with van der Waals surface area (Å²) < 4.78 is 0. The fourth-order valence-corrected chi connectivity index (χ4v) is 0.883. The molecule has 0 aliphatic carbocycles. The van der Waals surface area contributed by atoms with Crippen molar-refractivity contribution < 1.29 is 0 Å². The highest BCUT2D eigenvalue weighted by Crippen LogP contribution is 2.08. The summed E-state index contributed by atoms with van der Waals surface area (Å²) in [6, 6.07) is 5.75. The summed E-state index contributed by atoms with van der Waals surface area (Å²) in [5.41, 5.74) is 1.78. The highest BCUT2D eigenvalue weighted by Gasteiger charge is 1.92. The van der Waals surface area contributed by atoms with Crippen molar-refractivity contribution in [3.63, 3.8) is 0 Å². The number of rotatable bonds is 3. The number of allylic oxidation sites excluding steroid dienone is 3. The molecule has 1 heterocycles. The molecule has 0 spiro atoms. The van der Waals surface area contributed by atoms with E-state index in [9.17, 15) is 0 Å². The minimum Gasteiger partial charge on any atom is -0.297 e. The molecule has 0 aliphatic rings. The number of hydrogen-bond donors (Lipinski definition) is 0. The molecular weight excluding hydrogens is 160 g/mol. The summed E-state index contributed by atoms with van der Waals surface area (Å²) in [5, 5.41) is 0. The van der Waals surface area contributed by atoms with Crippen LogP contribution in [-0.4, -0.2) is 18.2 Å². The Hall–Kier alpha value is -1.70. The van der Waals surface area contributed by atoms with Crippen LogP contribution >= 0.6 is 0 Å². The van der Waals surface area contributed by atoms with E-state index in [1.807, 2.05) is 30.4 Å². The van der Waals surface area contributed by atoms with Crippen LogP contribution in [0.1, 0.15) is 5.69 Å². The molecule has 1 aromatic heterocycles. The number of nitrogens with zero attached hydrogens (tertiary/aromatic N) is 2. The summed E-state index contributed by atoms with van der Waals surface area (Å²) in [6.07, 6.45) is 7.20. The first-order valence-corrected chi connectivity index (χ1v) is 4.03. The monoisotopic (exact) mass is 172 g/mol. The van der Waals surface area contributed by atoms with Gasteiger partial charge in [-0.3, -0.25) is 9.98 Å². The Bertz CT molecular complexity index is 323. The maximum atomic E-state index is 4.16. The van der Waals surface area contributed by atoms with Crippen LogP contribution in [-0.2, 0) is 0 Å². The molecule has 0 radical (unpaired) electrons. The van der Waals surface area contributed by atoms with Gasteiger partial charge in [0.1, 0.15) is 0 Å². The third-order valence-corrected chi connectivity index (χ3v) is 1.53. The van der Waals surface area contributed by atoms with Gasteiger partial charge in [-0.15, -0.1) is 0 Å². The number of hydrogen-bond acceptors (Lipinski definition) is 2. The van der Waals surface area contributed by atoms with Crippen molar-refractivity contribution in [1.82, 2.24) is 4.98 Å². The van der Waals surface area contributed by atoms with E-state index in [0.717, 1.165) is 11.3 Å². The van der Waals surface area contributed by atoms with Crippen LogP contribution in [0, 0.1) is 0 Å². The van der Waals surface area contributed by atoms with Gasteiger partial charge in [0.2, 0.25) is 0 Å². The van der Waals surface area contributed by atoms with Crippen LogP contribution in [0.15, 0.2) is 48.1 Å². The van der Waals surface area contributed by atoms with Crippen LogP contribution in [0.2, 0.25) is 0 Å². The summed E-state index contributed by atoms with van der Waals surface area (Å²) in [5.74, 6) is 0. The lowest BCUT2D eigenvalue weighted by atomic mass is 10.2. The van der Waals surface area contributed by atoms with Crippen LogP contribution in [0.25, 0.3) is 5.57 Å². The van der Waals surface area contributed by atoms with Gasteiger partial charge >= 0.3 is 0 Å². The van der Waals surface area contributed by atoms with E-state index in [0.29, 0.717) is 0 Å². The minimum absolute atomic E-state index is 0.889. The fraction of sp³-hybridized carbons (Fsp3) is 0.0909. The zero-order chi connectivity index (χ0) is 9.52. The van der Waals surface area contributed by atoms with Gasteiger partial charge in [-0.2, -0.15) is 0 Å². The highest BCUT2D eigenvalue weighted by molar-refractivity contribution is 5.79. The first kappa shape index (κ1) is 9.39. The van der Waals surface area contributed by atoms with Gasteiger partial charge in [0.25, 0.3) is 0 Å². The van der Waals surface area contributed by atoms with E-state index in [-0.39, 0.29) is 0 Å². The number of aromatic nitrogens is 1. The molecule has 2 heteroatoms. The predicted molar refractivity (Wildman–Crippen MR) is 56.8 cm³/mol. The lowest BCUT2D eigenvalue weighted by molar-refractivity contribution is 1.28. The molecule has 0 N–H and O–H groups in total. The molecule has 0 atom stereocenters. The van der Waals surface area contributed by atoms with Crippen LogP contribution in [0.5, 0.6) is 0 Å². The van der Waals surface area contributed by atoms with Gasteiger partial charge in [-0.05, 0) is 23.8 Å². The van der Waals surface area contributed by atoms with Crippen molar-refractivity contribution >= 4 is 11.8 Å². The van der Waals surface area contributed by atoms with E-state index in [2.05, 4.69) is 16.6 Å². The van der Waals surface area contributed by atoms with Gasteiger partial charge < -0.3 is 0 Å². The highest BCUT2D eigenvalue weighted by atomic mass is 14.7. The second-order valence-electron chi connectivity index (χ2n) is 2.51. The molecule has 66 valence electrons. The van der Waals surface area contributed by atoms with Crippen molar-refractivity contribution in [1.29, 1.82) is 0 Å². The summed E-state index contributed by atoms with van der Waals surface area (Å²) in [4.78, 5) is 7.99. The van der Waals surface area contributed by atoms with Gasteiger partial charge in [0, 0.05) is 19.5 Å². The standard InChI is InChI=1S/C11H12N2/c1-10(6-5-8-12-2)11-7-3-4-9-13-11/h3-9H,1H2,2H3/b6-5-,12-8?. The third kappa shape index (κ3) is 3.03. The normalized spacial score (nSPS) is 11.2. The maximum absolute atomic E-state index is 4.16. The Balaban J connectivity index is 2.70. The van der Waals surface area contributed by atoms with Crippen LogP contribution in [0.4, 0.5) is 0 Å². The van der Waals surface area contributed by atoms with E-state index < -0.39 is 0 Å². The minimum atomic E-state index is 0.889. The molecule has 2 nitrogen and oxygen atoms in total. The van der Waals surface area contributed by atoms with E-state index in [1.54, 1.807) is 19.5 Å². The Morgan fingerprint density at radius 3 is 3.00 bits per heavy atom. The molecule has 0 saturated carbocycles. The lowest BCUT2D eigenvalue weighted by Crippen LogP contribution is -1.82. The molecule has 0 amide bonds. The molecule has 1 rings (SSSR count). The fourth-order valence-electron chi connectivity index (χ4n) is 0.883. The van der Waals surface area contributed by atoms with Gasteiger partial charge in [0.05, 0.1) is 5.69 Å². The molecule has 0 saturated heterocycles. The van der Waals surface area contributed by atoms with Gasteiger partial charge in [-0.25, -0.2) is 0 Å². The molecule has 1 aromatic rings. The zero-order valence-electron chi connectivity index (χ0n) is 7.64. The van der Waals surface area contributed by atoms with E-state index >= 15 is 0 Å². The number of pyridine rings is 1. The van der Waals surface area contributed by atoms with Crippen molar-refractivity contribution in [2.75, 3.05) is 7.05 Å². The lowest BCUT2D eigenvalue weighted by Gasteiger charge is -1.96. The van der Waals surface area contributed by atoms with Crippen LogP contribution < -0.4 is 0 Å². The van der Waals surface area contributed by atoms with Crippen molar-refractivity contribution in [3.05, 3.63) is 48.8 Å². The molecule has 0 fully saturated rings. The Morgan fingerprint density at radius 1 is 1.54 bits per heavy atom. The van der Waals surface area contributed by atoms with Gasteiger partial charge in [-0.1, -0.05) is 18.7 Å². The summed E-state index contributed by atoms with van der Waals surface area (Å²) in [6.45, 7) is 3.89. The Labute approximate surface area is 78.4 Å². The van der Waals surface area contributed by atoms with Gasteiger partial charge in [0.15, 0.2) is 0 Å². The average molecular weight is 172 g/mol. The molecule has 0 aromatic carbocycles. The first-order chi connectivity index (χ1) is 6.34. The molecule has 0 aliphatic heterocycles. The zero-order valence-corrected chi connectivity index (χ0v) is 7.64. The summed E-state index contributed by atoms with van der Waals surface area (Å²) in [7, 11) is 1.73. The van der Waals surface area contributed by atoms with Crippen molar-refractivity contribution in [2.45, 2.75) is 0 Å². The molecular formula is C11H12N2. The Morgan fingerprint density at radius 2 is 2.38 bits per heavy atom. The molecule has 13 heavy (non-hydrogen) atoms. The average Bonchev–Trinajstić information content (AvgIpc) is 2.19. The third-order valence-electron chi connectivity index (χ3n) is 1.53.